The van der Waals surface area contributed by atoms with E-state index in [0.29, 0.717) is 24.1 Å². The van der Waals surface area contributed by atoms with E-state index in [4.69, 9.17) is 9.47 Å². The van der Waals surface area contributed by atoms with Gasteiger partial charge < -0.3 is 14.4 Å². The number of ether oxygens (including phenoxy) is 2. The van der Waals surface area contributed by atoms with Crippen LogP contribution in [0.15, 0.2) is 48.5 Å². The third-order valence-electron chi connectivity index (χ3n) is 5.60. The maximum atomic E-state index is 13.5. The molecular formula is C26H32N2O5. The Morgan fingerprint density at radius 1 is 1.06 bits per heavy atom. The number of hydrogen-bond acceptors (Lipinski definition) is 5. The summed E-state index contributed by atoms with van der Waals surface area (Å²) in [6, 6.07) is 13.9. The second kappa shape index (κ2) is 9.65. The number of carbonyl (C=O) groups excluding carboxylic acids is 3. The lowest BCUT2D eigenvalue weighted by atomic mass is 9.90. The molecule has 2 atom stereocenters. The van der Waals surface area contributed by atoms with Crippen LogP contribution in [0, 0.1) is 0 Å². The zero-order valence-corrected chi connectivity index (χ0v) is 20.1. The Morgan fingerprint density at radius 3 is 2.27 bits per heavy atom. The van der Waals surface area contributed by atoms with Crippen LogP contribution >= 0.6 is 0 Å². The number of amides is 2. The van der Waals surface area contributed by atoms with Crippen LogP contribution in [0.4, 0.5) is 16.2 Å². The number of para-hydroxylation sites is 1. The third kappa shape index (κ3) is 5.18. The minimum absolute atomic E-state index is 0.0413. The lowest BCUT2D eigenvalue weighted by molar-refractivity contribution is -0.118. The molecule has 33 heavy (non-hydrogen) atoms. The highest BCUT2D eigenvalue weighted by molar-refractivity contribution is 5.97. The van der Waals surface area contributed by atoms with Gasteiger partial charge in [-0.1, -0.05) is 25.1 Å². The molecule has 0 bridgehead atoms. The van der Waals surface area contributed by atoms with Crippen LogP contribution < -0.4 is 9.80 Å². The Morgan fingerprint density at radius 2 is 1.70 bits per heavy atom. The fourth-order valence-electron chi connectivity index (χ4n) is 4.18. The van der Waals surface area contributed by atoms with Crippen LogP contribution in [0.5, 0.6) is 0 Å². The Hall–Kier alpha value is -3.35. The molecule has 176 valence electrons. The summed E-state index contributed by atoms with van der Waals surface area (Å²) in [6.07, 6.45) is 0.449. The zero-order valence-electron chi connectivity index (χ0n) is 20.1. The van der Waals surface area contributed by atoms with Gasteiger partial charge in [0.15, 0.2) is 0 Å². The Kier molecular flexibility index (Phi) is 7.10. The van der Waals surface area contributed by atoms with E-state index in [-0.39, 0.29) is 18.0 Å². The molecule has 0 saturated carbocycles. The van der Waals surface area contributed by atoms with Crippen molar-refractivity contribution >= 4 is 29.3 Å². The Labute approximate surface area is 195 Å². The average Bonchev–Trinajstić information content (AvgIpc) is 2.77. The third-order valence-corrected chi connectivity index (χ3v) is 5.60. The van der Waals surface area contributed by atoms with Gasteiger partial charge >= 0.3 is 12.1 Å². The van der Waals surface area contributed by atoms with Crippen molar-refractivity contribution in [2.45, 2.75) is 65.1 Å². The van der Waals surface area contributed by atoms with Gasteiger partial charge in [0.05, 0.1) is 18.7 Å². The molecule has 7 nitrogen and oxygen atoms in total. The number of methoxy groups -OCH3 is 1. The van der Waals surface area contributed by atoms with Crippen molar-refractivity contribution in [3.8, 4) is 0 Å². The quantitative estimate of drug-likeness (QED) is 0.573. The maximum Gasteiger partial charge on any atom is 0.415 e. The van der Waals surface area contributed by atoms with E-state index in [1.54, 1.807) is 29.2 Å². The van der Waals surface area contributed by atoms with Gasteiger partial charge in [0.1, 0.15) is 5.60 Å². The Bertz CT molecular complexity index is 1030. The van der Waals surface area contributed by atoms with Gasteiger partial charge in [0.25, 0.3) is 0 Å². The first-order valence-electron chi connectivity index (χ1n) is 11.2. The van der Waals surface area contributed by atoms with E-state index in [1.165, 1.54) is 7.11 Å². The minimum atomic E-state index is -0.689. The highest BCUT2D eigenvalue weighted by Gasteiger charge is 2.39. The van der Waals surface area contributed by atoms with Gasteiger partial charge in [-0.2, -0.15) is 0 Å². The van der Waals surface area contributed by atoms with Gasteiger partial charge in [-0.3, -0.25) is 9.69 Å². The Balaban J connectivity index is 2.11. The number of hydrogen-bond donors (Lipinski definition) is 0. The van der Waals surface area contributed by atoms with Crippen molar-refractivity contribution in [1.82, 2.24) is 0 Å². The molecule has 0 N–H and O–H groups in total. The van der Waals surface area contributed by atoms with E-state index in [1.807, 2.05) is 63.8 Å². The van der Waals surface area contributed by atoms with E-state index in [2.05, 4.69) is 0 Å². The first-order chi connectivity index (χ1) is 15.6. The summed E-state index contributed by atoms with van der Waals surface area (Å²) in [7, 11) is 1.33. The van der Waals surface area contributed by atoms with Gasteiger partial charge in [-0.15, -0.1) is 0 Å². The van der Waals surface area contributed by atoms with Gasteiger partial charge in [0.2, 0.25) is 5.91 Å². The summed E-state index contributed by atoms with van der Waals surface area (Å²) < 4.78 is 10.6. The lowest BCUT2D eigenvalue weighted by Crippen LogP contribution is -2.48. The van der Waals surface area contributed by atoms with Gasteiger partial charge in [-0.05, 0) is 70.0 Å². The number of rotatable bonds is 4. The molecule has 2 aromatic rings. The molecule has 3 rings (SSSR count). The number of nitrogens with zero attached hydrogens (tertiary/aromatic N) is 2. The molecule has 1 heterocycles. The zero-order chi connectivity index (χ0) is 24.3. The minimum Gasteiger partial charge on any atom is -0.465 e. The van der Waals surface area contributed by atoms with Crippen LogP contribution in [-0.2, 0) is 14.3 Å². The van der Waals surface area contributed by atoms with Crippen LogP contribution in [-0.4, -0.2) is 36.7 Å². The number of anilines is 2. The molecule has 1 aliphatic heterocycles. The molecule has 7 heteroatoms. The summed E-state index contributed by atoms with van der Waals surface area (Å²) in [5.74, 6) is -0.407. The van der Waals surface area contributed by atoms with E-state index in [9.17, 15) is 14.4 Å². The van der Waals surface area contributed by atoms with Crippen LogP contribution in [0.3, 0.4) is 0 Å². The normalized spacial score (nSPS) is 17.7. The summed E-state index contributed by atoms with van der Waals surface area (Å²) in [6.45, 7) is 9.30. The first kappa shape index (κ1) is 24.3. The molecule has 0 fully saturated rings. The number of esters is 1. The second-order valence-corrected chi connectivity index (χ2v) is 9.17. The van der Waals surface area contributed by atoms with Gasteiger partial charge in [-0.25, -0.2) is 9.59 Å². The monoisotopic (exact) mass is 452 g/mol. The largest absolute Gasteiger partial charge is 0.465 e. The topological polar surface area (TPSA) is 76.2 Å². The van der Waals surface area contributed by atoms with Crippen molar-refractivity contribution in [2.24, 2.45) is 0 Å². The van der Waals surface area contributed by atoms with Crippen molar-refractivity contribution < 1.29 is 23.9 Å². The summed E-state index contributed by atoms with van der Waals surface area (Å²) in [4.78, 5) is 41.5. The molecule has 0 radical (unpaired) electrons. The first-order valence-corrected chi connectivity index (χ1v) is 11.2. The van der Waals surface area contributed by atoms with E-state index >= 15 is 0 Å². The molecular weight excluding hydrogens is 420 g/mol. The predicted molar refractivity (Wildman–Crippen MR) is 128 cm³/mol. The number of benzene rings is 2. The predicted octanol–water partition coefficient (Wildman–Crippen LogP) is 5.49. The molecule has 1 aliphatic rings. The summed E-state index contributed by atoms with van der Waals surface area (Å²) in [5.41, 5.74) is 1.97. The smallest absolute Gasteiger partial charge is 0.415 e. The molecule has 0 unspecified atom stereocenters. The van der Waals surface area contributed by atoms with Crippen molar-refractivity contribution in [3.05, 3.63) is 59.7 Å². The van der Waals surface area contributed by atoms with E-state index < -0.39 is 17.7 Å². The average molecular weight is 453 g/mol. The fourth-order valence-corrected chi connectivity index (χ4v) is 4.18. The molecule has 2 aromatic carbocycles. The van der Waals surface area contributed by atoms with Crippen molar-refractivity contribution in [3.63, 3.8) is 0 Å². The standard InChI is InChI=1S/C26H32N2O5/c1-7-23(29)27-17(2)16-22(20-10-8-9-11-21(20)27)28(25(31)33-26(3,4)5)19-14-12-18(13-15-19)24(30)32-6/h8-15,17,22H,7,16H2,1-6H3/t17-,22+/m0/s1. The molecule has 0 aromatic heterocycles. The molecule has 0 spiro atoms. The van der Waals surface area contributed by atoms with Crippen molar-refractivity contribution in [1.29, 1.82) is 0 Å². The fraction of sp³-hybridized carbons (Fsp3) is 0.423. The van der Waals surface area contributed by atoms with E-state index in [0.717, 1.165) is 11.3 Å². The SMILES string of the molecule is CCC(=O)N1c2ccccc2[C@H](N(C(=O)OC(C)(C)C)c2ccc(C(=O)OC)cc2)C[C@@H]1C. The molecule has 0 aliphatic carbocycles. The highest BCUT2D eigenvalue weighted by atomic mass is 16.6. The highest BCUT2D eigenvalue weighted by Crippen LogP contribution is 2.43. The van der Waals surface area contributed by atoms with Crippen LogP contribution in [0.1, 0.15) is 69.4 Å². The number of carbonyl (C=O) groups is 3. The van der Waals surface area contributed by atoms with Crippen LogP contribution in [0.2, 0.25) is 0 Å². The summed E-state index contributed by atoms with van der Waals surface area (Å²) in [5, 5.41) is 0. The summed E-state index contributed by atoms with van der Waals surface area (Å²) >= 11 is 0. The second-order valence-electron chi connectivity index (χ2n) is 9.17. The lowest BCUT2D eigenvalue weighted by Gasteiger charge is -2.43. The maximum absolute atomic E-state index is 13.5. The molecule has 2 amide bonds. The van der Waals surface area contributed by atoms with Crippen molar-refractivity contribution in [2.75, 3.05) is 16.9 Å². The van der Waals surface area contributed by atoms with Crippen LogP contribution in [0.25, 0.3) is 0 Å². The number of fused-ring (bicyclic) bond motifs is 1. The van der Waals surface area contributed by atoms with Gasteiger partial charge in [0, 0.05) is 23.8 Å². The molecule has 0 saturated heterocycles.